The minimum Gasteiger partial charge on any atom is -0.469 e. The average Bonchev–Trinajstić information content (AvgIpc) is 3.04. The first kappa shape index (κ1) is 16.6. The third kappa shape index (κ3) is 2.67. The molecule has 1 aromatic heterocycles. The van der Waals surface area contributed by atoms with Crippen LogP contribution in [-0.4, -0.2) is 36.1 Å². The lowest BCUT2D eigenvalue weighted by atomic mass is 9.72. The van der Waals surface area contributed by atoms with E-state index in [9.17, 15) is 4.79 Å². The summed E-state index contributed by atoms with van der Waals surface area (Å²) in [7, 11) is 1.52. The number of ether oxygens (including phenoxy) is 1. The van der Waals surface area contributed by atoms with Gasteiger partial charge in [0.05, 0.1) is 19.1 Å². The molecule has 1 saturated heterocycles. The van der Waals surface area contributed by atoms with Crippen molar-refractivity contribution in [3.8, 4) is 0 Å². The summed E-state index contributed by atoms with van der Waals surface area (Å²) in [5.74, 6) is 0.880. The van der Waals surface area contributed by atoms with Crippen LogP contribution in [0.1, 0.15) is 44.0 Å². The molecule has 2 aromatic rings. The minimum absolute atomic E-state index is 0.00197. The summed E-state index contributed by atoms with van der Waals surface area (Å²) in [5, 5.41) is 1.37. The first-order chi connectivity index (χ1) is 12.1. The quantitative estimate of drug-likeness (QED) is 0.861. The highest BCUT2D eigenvalue weighted by molar-refractivity contribution is 5.85. The Labute approximate surface area is 149 Å². The maximum Gasteiger partial charge on any atom is 0.310 e. The van der Waals surface area contributed by atoms with Crippen LogP contribution in [0.2, 0.25) is 0 Å². The van der Waals surface area contributed by atoms with E-state index in [-0.39, 0.29) is 11.9 Å². The first-order valence-corrected chi connectivity index (χ1v) is 9.55. The lowest BCUT2D eigenvalue weighted by Crippen LogP contribution is -2.49. The van der Waals surface area contributed by atoms with Gasteiger partial charge in [0.1, 0.15) is 0 Å². The number of H-pyrrole nitrogens is 1. The number of nitrogens with one attached hydrogen (secondary N) is 1. The maximum absolute atomic E-state index is 12.4. The highest BCUT2D eigenvalue weighted by Crippen LogP contribution is 2.45. The summed E-state index contributed by atoms with van der Waals surface area (Å²) in [6, 6.07) is 9.02. The fourth-order valence-corrected chi connectivity index (χ4v) is 5.00. The van der Waals surface area contributed by atoms with Gasteiger partial charge in [-0.15, -0.1) is 0 Å². The summed E-state index contributed by atoms with van der Waals surface area (Å²) in [6.45, 7) is 6.35. The number of carbonyl (C=O) groups is 1. The number of fused-ring (bicyclic) bond motifs is 5. The van der Waals surface area contributed by atoms with Crippen molar-refractivity contribution >= 4 is 16.9 Å². The molecule has 0 bridgehead atoms. The number of carbonyl (C=O) groups excluding carboxylic acids is 1. The molecule has 1 aromatic carbocycles. The number of esters is 1. The molecule has 4 rings (SSSR count). The highest BCUT2D eigenvalue weighted by atomic mass is 16.5. The van der Waals surface area contributed by atoms with E-state index in [0.717, 1.165) is 32.4 Å². The van der Waals surface area contributed by atoms with E-state index in [1.54, 1.807) is 0 Å². The molecule has 25 heavy (non-hydrogen) atoms. The molecular weight excluding hydrogens is 312 g/mol. The van der Waals surface area contributed by atoms with Crippen LogP contribution < -0.4 is 0 Å². The Morgan fingerprint density at radius 1 is 1.40 bits per heavy atom. The standard InChI is InChI=1S/C21H28N2O2/c1-4-13(2)16-11-19-20-15(14-7-5-6-8-18(14)22-20)9-10-23(19)12-17(16)21(24)25-3/h5-8,13,16-17,19,22H,4,9-12H2,1-3H3. The lowest BCUT2D eigenvalue weighted by molar-refractivity contribution is -0.152. The Bertz CT molecular complexity index is 781. The molecule has 4 atom stereocenters. The van der Waals surface area contributed by atoms with Gasteiger partial charge in [0, 0.05) is 29.7 Å². The number of rotatable bonds is 3. The SMILES string of the molecule is CCC(C)C1CC2c3[nH]c4ccccc4c3CCN2CC1C(=O)OC. The van der Waals surface area contributed by atoms with Crippen LogP contribution in [0.3, 0.4) is 0 Å². The lowest BCUT2D eigenvalue weighted by Gasteiger charge is -2.47. The number of aromatic nitrogens is 1. The Kier molecular flexibility index (Phi) is 4.32. The van der Waals surface area contributed by atoms with Crippen molar-refractivity contribution < 1.29 is 9.53 Å². The van der Waals surface area contributed by atoms with Crippen molar-refractivity contribution in [3.63, 3.8) is 0 Å². The van der Waals surface area contributed by atoms with Crippen LogP contribution in [0.25, 0.3) is 10.9 Å². The van der Waals surface area contributed by atoms with Crippen LogP contribution >= 0.6 is 0 Å². The minimum atomic E-state index is -0.0359. The second kappa shape index (κ2) is 6.49. The Balaban J connectivity index is 1.71. The molecule has 4 heteroatoms. The zero-order valence-corrected chi connectivity index (χ0v) is 15.4. The van der Waals surface area contributed by atoms with Crippen LogP contribution in [0.5, 0.6) is 0 Å². The van der Waals surface area contributed by atoms with Crippen molar-refractivity contribution in [2.24, 2.45) is 17.8 Å². The molecule has 2 aliphatic rings. The molecule has 134 valence electrons. The molecule has 0 saturated carbocycles. The van der Waals surface area contributed by atoms with Gasteiger partial charge in [-0.05, 0) is 36.3 Å². The number of nitrogens with zero attached hydrogens (tertiary/aromatic N) is 1. The van der Waals surface area contributed by atoms with Gasteiger partial charge in [0.25, 0.3) is 0 Å². The Hall–Kier alpha value is -1.81. The number of hydrogen-bond donors (Lipinski definition) is 1. The normalized spacial score (nSPS) is 27.6. The smallest absolute Gasteiger partial charge is 0.310 e. The van der Waals surface area contributed by atoms with E-state index in [1.165, 1.54) is 29.3 Å². The first-order valence-electron chi connectivity index (χ1n) is 9.55. The van der Waals surface area contributed by atoms with Crippen molar-refractivity contribution in [2.75, 3.05) is 20.2 Å². The Morgan fingerprint density at radius 3 is 2.96 bits per heavy atom. The van der Waals surface area contributed by atoms with Gasteiger partial charge < -0.3 is 9.72 Å². The van der Waals surface area contributed by atoms with Crippen LogP contribution in [-0.2, 0) is 16.0 Å². The number of benzene rings is 1. The van der Waals surface area contributed by atoms with Crippen LogP contribution in [0.15, 0.2) is 24.3 Å². The molecule has 2 aliphatic heterocycles. The van der Waals surface area contributed by atoms with Crippen molar-refractivity contribution in [1.82, 2.24) is 9.88 Å². The summed E-state index contributed by atoms with van der Waals surface area (Å²) >= 11 is 0. The van der Waals surface area contributed by atoms with E-state index >= 15 is 0 Å². The maximum atomic E-state index is 12.4. The van der Waals surface area contributed by atoms with E-state index in [2.05, 4.69) is 48.0 Å². The average molecular weight is 340 g/mol. The van der Waals surface area contributed by atoms with Gasteiger partial charge in [-0.3, -0.25) is 9.69 Å². The molecule has 0 spiro atoms. The van der Waals surface area contributed by atoms with E-state index in [0.29, 0.717) is 17.9 Å². The number of hydrogen-bond acceptors (Lipinski definition) is 3. The predicted octanol–water partition coefficient (Wildman–Crippen LogP) is 3.92. The second-order valence-corrected chi connectivity index (χ2v) is 7.74. The van der Waals surface area contributed by atoms with Gasteiger partial charge in [-0.25, -0.2) is 0 Å². The van der Waals surface area contributed by atoms with Crippen LogP contribution in [0, 0.1) is 17.8 Å². The second-order valence-electron chi connectivity index (χ2n) is 7.74. The molecule has 4 nitrogen and oxygen atoms in total. The molecule has 1 fully saturated rings. The number of methoxy groups -OCH3 is 1. The van der Waals surface area contributed by atoms with E-state index < -0.39 is 0 Å². The summed E-state index contributed by atoms with van der Waals surface area (Å²) in [5.41, 5.74) is 4.10. The molecule has 0 amide bonds. The van der Waals surface area contributed by atoms with Gasteiger partial charge >= 0.3 is 5.97 Å². The molecule has 3 heterocycles. The van der Waals surface area contributed by atoms with Gasteiger partial charge in [0.2, 0.25) is 0 Å². The van der Waals surface area contributed by atoms with E-state index in [4.69, 9.17) is 4.74 Å². The Morgan fingerprint density at radius 2 is 2.20 bits per heavy atom. The number of piperidine rings is 1. The zero-order valence-electron chi connectivity index (χ0n) is 15.4. The van der Waals surface area contributed by atoms with Crippen molar-refractivity contribution in [3.05, 3.63) is 35.5 Å². The van der Waals surface area contributed by atoms with E-state index in [1.807, 2.05) is 0 Å². The molecule has 1 N–H and O–H groups in total. The molecular formula is C21H28N2O2. The predicted molar refractivity (Wildman–Crippen MR) is 99.4 cm³/mol. The monoisotopic (exact) mass is 340 g/mol. The molecule has 0 radical (unpaired) electrons. The van der Waals surface area contributed by atoms with Crippen LogP contribution in [0.4, 0.5) is 0 Å². The topological polar surface area (TPSA) is 45.3 Å². The third-order valence-corrected chi connectivity index (χ3v) is 6.59. The zero-order chi connectivity index (χ0) is 17.6. The van der Waals surface area contributed by atoms with Gasteiger partial charge in [0.15, 0.2) is 0 Å². The molecule has 4 unspecified atom stereocenters. The molecule has 0 aliphatic carbocycles. The van der Waals surface area contributed by atoms with Crippen molar-refractivity contribution in [2.45, 2.75) is 39.2 Å². The summed E-state index contributed by atoms with van der Waals surface area (Å²) < 4.78 is 5.14. The highest BCUT2D eigenvalue weighted by Gasteiger charge is 2.44. The fraction of sp³-hybridized carbons (Fsp3) is 0.571. The van der Waals surface area contributed by atoms with Gasteiger partial charge in [-0.2, -0.15) is 0 Å². The summed E-state index contributed by atoms with van der Waals surface area (Å²) in [4.78, 5) is 18.6. The van der Waals surface area contributed by atoms with Crippen molar-refractivity contribution in [1.29, 1.82) is 0 Å². The van der Waals surface area contributed by atoms with Gasteiger partial charge in [-0.1, -0.05) is 38.5 Å². The number of aromatic amines is 1. The largest absolute Gasteiger partial charge is 0.469 e. The third-order valence-electron chi connectivity index (χ3n) is 6.59. The fourth-order valence-electron chi connectivity index (χ4n) is 5.00. The number of para-hydroxylation sites is 1. The summed E-state index contributed by atoms with van der Waals surface area (Å²) in [6.07, 6.45) is 3.19.